The molecule has 2 rings (SSSR count). The van der Waals surface area contributed by atoms with Crippen LogP contribution < -0.4 is 14.8 Å². The minimum Gasteiger partial charge on any atom is -0.493 e. The van der Waals surface area contributed by atoms with Gasteiger partial charge in [-0.15, -0.1) is 6.58 Å². The number of rotatable bonds is 8. The molecule has 5 nitrogen and oxygen atoms in total. The normalized spacial score (nSPS) is 10.5. The summed E-state index contributed by atoms with van der Waals surface area (Å²) in [5.74, 6) is 1.49. The zero-order chi connectivity index (χ0) is 15.9. The van der Waals surface area contributed by atoms with Gasteiger partial charge in [-0.25, -0.2) is 0 Å². The fourth-order valence-electron chi connectivity index (χ4n) is 2.29. The molecule has 118 valence electrons. The molecule has 0 saturated carbocycles. The van der Waals surface area contributed by atoms with Gasteiger partial charge in [0.2, 0.25) is 0 Å². The first-order valence-electron chi connectivity index (χ1n) is 7.23. The van der Waals surface area contributed by atoms with Crippen molar-refractivity contribution in [3.05, 3.63) is 53.9 Å². The van der Waals surface area contributed by atoms with Crippen molar-refractivity contribution >= 4 is 0 Å². The van der Waals surface area contributed by atoms with Gasteiger partial charge in [0, 0.05) is 24.8 Å². The van der Waals surface area contributed by atoms with Crippen molar-refractivity contribution in [3.8, 4) is 11.5 Å². The molecule has 0 spiro atoms. The van der Waals surface area contributed by atoms with E-state index in [1.165, 1.54) is 5.56 Å². The second-order valence-corrected chi connectivity index (χ2v) is 5.04. The van der Waals surface area contributed by atoms with Gasteiger partial charge in [-0.3, -0.25) is 4.68 Å². The fraction of sp³-hybridized carbons (Fsp3) is 0.353. The maximum atomic E-state index is 5.32. The molecule has 0 amide bonds. The van der Waals surface area contributed by atoms with Gasteiger partial charge in [-0.05, 0) is 24.6 Å². The van der Waals surface area contributed by atoms with E-state index in [9.17, 15) is 0 Å². The summed E-state index contributed by atoms with van der Waals surface area (Å²) >= 11 is 0. The number of nitrogens with zero attached hydrogens (tertiary/aromatic N) is 2. The van der Waals surface area contributed by atoms with Crippen molar-refractivity contribution in [1.29, 1.82) is 0 Å². The van der Waals surface area contributed by atoms with E-state index < -0.39 is 0 Å². The maximum absolute atomic E-state index is 5.32. The van der Waals surface area contributed by atoms with Crippen LogP contribution in [0.2, 0.25) is 0 Å². The fourth-order valence-corrected chi connectivity index (χ4v) is 2.29. The summed E-state index contributed by atoms with van der Waals surface area (Å²) in [4.78, 5) is 0. The third kappa shape index (κ3) is 3.89. The Morgan fingerprint density at radius 1 is 1.23 bits per heavy atom. The summed E-state index contributed by atoms with van der Waals surface area (Å²) in [7, 11) is 3.28. The minimum absolute atomic E-state index is 0.733. The lowest BCUT2D eigenvalue weighted by atomic mass is 10.2. The largest absolute Gasteiger partial charge is 0.493 e. The van der Waals surface area contributed by atoms with E-state index in [1.807, 2.05) is 35.9 Å². The predicted octanol–water partition coefficient (Wildman–Crippen LogP) is 2.68. The van der Waals surface area contributed by atoms with Gasteiger partial charge in [0.05, 0.1) is 26.5 Å². The molecular weight excluding hydrogens is 278 g/mol. The van der Waals surface area contributed by atoms with E-state index in [2.05, 4.69) is 23.2 Å². The number of hydrogen-bond acceptors (Lipinski definition) is 4. The highest BCUT2D eigenvalue weighted by molar-refractivity contribution is 5.42. The summed E-state index contributed by atoms with van der Waals surface area (Å²) in [6.07, 6.45) is 3.89. The predicted molar refractivity (Wildman–Crippen MR) is 87.3 cm³/mol. The van der Waals surface area contributed by atoms with Crippen molar-refractivity contribution in [3.63, 3.8) is 0 Å². The number of methoxy groups -OCH3 is 2. The summed E-state index contributed by atoms with van der Waals surface area (Å²) in [6.45, 7) is 8.01. The van der Waals surface area contributed by atoms with Gasteiger partial charge >= 0.3 is 0 Å². The lowest BCUT2D eigenvalue weighted by molar-refractivity contribution is 0.354. The highest BCUT2D eigenvalue weighted by Gasteiger charge is 2.06. The van der Waals surface area contributed by atoms with Gasteiger partial charge in [0.25, 0.3) is 0 Å². The molecule has 1 heterocycles. The number of nitrogens with one attached hydrogen (secondary N) is 1. The van der Waals surface area contributed by atoms with Gasteiger partial charge in [-0.1, -0.05) is 12.1 Å². The van der Waals surface area contributed by atoms with E-state index in [1.54, 1.807) is 14.2 Å². The number of ether oxygens (including phenoxy) is 2. The summed E-state index contributed by atoms with van der Waals surface area (Å²) < 4.78 is 12.5. The topological polar surface area (TPSA) is 48.3 Å². The molecule has 0 fully saturated rings. The molecule has 0 aliphatic rings. The van der Waals surface area contributed by atoms with E-state index in [-0.39, 0.29) is 0 Å². The van der Waals surface area contributed by atoms with Crippen LogP contribution in [-0.2, 0) is 19.6 Å². The van der Waals surface area contributed by atoms with Gasteiger partial charge in [0.1, 0.15) is 0 Å². The SMILES string of the molecule is C=CCn1cc(CNCc2ccc(OC)c(OC)c2)c(C)n1. The minimum atomic E-state index is 0.733. The van der Waals surface area contributed by atoms with Crippen molar-refractivity contribution in [2.45, 2.75) is 26.6 Å². The van der Waals surface area contributed by atoms with Crippen LogP contribution in [0.5, 0.6) is 11.5 Å². The second-order valence-electron chi connectivity index (χ2n) is 5.04. The summed E-state index contributed by atoms with van der Waals surface area (Å²) in [5, 5.41) is 7.87. The maximum Gasteiger partial charge on any atom is 0.161 e. The van der Waals surface area contributed by atoms with Gasteiger partial charge in [0.15, 0.2) is 11.5 Å². The first-order valence-corrected chi connectivity index (χ1v) is 7.23. The molecule has 0 radical (unpaired) electrons. The molecule has 0 bridgehead atoms. The first-order chi connectivity index (χ1) is 10.7. The Bertz CT molecular complexity index is 635. The summed E-state index contributed by atoms with van der Waals surface area (Å²) in [6, 6.07) is 5.94. The zero-order valence-corrected chi connectivity index (χ0v) is 13.4. The molecule has 0 aliphatic carbocycles. The third-order valence-electron chi connectivity index (χ3n) is 3.46. The first kappa shape index (κ1) is 16.1. The Hall–Kier alpha value is -2.27. The van der Waals surface area contributed by atoms with Crippen LogP contribution in [0.1, 0.15) is 16.8 Å². The Kier molecular flexibility index (Phi) is 5.61. The Labute approximate surface area is 131 Å². The number of aromatic nitrogens is 2. The number of aryl methyl sites for hydroxylation is 1. The van der Waals surface area contributed by atoms with E-state index in [0.717, 1.165) is 42.4 Å². The highest BCUT2D eigenvalue weighted by atomic mass is 16.5. The van der Waals surface area contributed by atoms with Crippen molar-refractivity contribution in [2.75, 3.05) is 14.2 Å². The average Bonchev–Trinajstić information content (AvgIpc) is 2.87. The monoisotopic (exact) mass is 301 g/mol. The van der Waals surface area contributed by atoms with Crippen LogP contribution in [0.3, 0.4) is 0 Å². The van der Waals surface area contributed by atoms with E-state index in [4.69, 9.17) is 9.47 Å². The molecule has 1 N–H and O–H groups in total. The lowest BCUT2D eigenvalue weighted by Crippen LogP contribution is -2.13. The zero-order valence-electron chi connectivity index (χ0n) is 13.4. The second kappa shape index (κ2) is 7.66. The van der Waals surface area contributed by atoms with E-state index >= 15 is 0 Å². The lowest BCUT2D eigenvalue weighted by Gasteiger charge is -2.10. The smallest absolute Gasteiger partial charge is 0.161 e. The number of allylic oxidation sites excluding steroid dienone is 1. The van der Waals surface area contributed by atoms with Crippen LogP contribution in [-0.4, -0.2) is 24.0 Å². The molecule has 2 aromatic rings. The van der Waals surface area contributed by atoms with Crippen LogP contribution in [0.4, 0.5) is 0 Å². The Balaban J connectivity index is 1.94. The average molecular weight is 301 g/mol. The quantitative estimate of drug-likeness (QED) is 0.762. The van der Waals surface area contributed by atoms with Crippen molar-refractivity contribution < 1.29 is 9.47 Å². The molecular formula is C17H23N3O2. The molecule has 22 heavy (non-hydrogen) atoms. The Morgan fingerprint density at radius 3 is 2.68 bits per heavy atom. The van der Waals surface area contributed by atoms with Crippen LogP contribution in [0.15, 0.2) is 37.1 Å². The molecule has 0 aliphatic heterocycles. The molecule has 1 aromatic heterocycles. The molecule has 5 heteroatoms. The molecule has 1 aromatic carbocycles. The number of hydrogen-bond donors (Lipinski definition) is 1. The van der Waals surface area contributed by atoms with E-state index in [0.29, 0.717) is 0 Å². The molecule has 0 unspecified atom stereocenters. The summed E-state index contributed by atoms with van der Waals surface area (Å²) in [5.41, 5.74) is 3.39. The van der Waals surface area contributed by atoms with Crippen molar-refractivity contribution in [1.82, 2.24) is 15.1 Å². The van der Waals surface area contributed by atoms with Gasteiger partial charge in [-0.2, -0.15) is 5.10 Å². The van der Waals surface area contributed by atoms with Gasteiger partial charge < -0.3 is 14.8 Å². The number of benzene rings is 1. The third-order valence-corrected chi connectivity index (χ3v) is 3.46. The van der Waals surface area contributed by atoms with Crippen LogP contribution >= 0.6 is 0 Å². The highest BCUT2D eigenvalue weighted by Crippen LogP contribution is 2.27. The molecule has 0 atom stereocenters. The standard InChI is InChI=1S/C17H23N3O2/c1-5-8-20-12-15(13(2)19-20)11-18-10-14-6-7-16(21-3)17(9-14)22-4/h5-7,9,12,18H,1,8,10-11H2,2-4H3. The molecule has 0 saturated heterocycles. The van der Waals surface area contributed by atoms with Crippen LogP contribution in [0.25, 0.3) is 0 Å². The Morgan fingerprint density at radius 2 is 2.00 bits per heavy atom. The van der Waals surface area contributed by atoms with Crippen molar-refractivity contribution in [2.24, 2.45) is 0 Å². The van der Waals surface area contributed by atoms with Crippen LogP contribution in [0, 0.1) is 6.92 Å².